The van der Waals surface area contributed by atoms with Crippen molar-refractivity contribution in [3.8, 4) is 0 Å². The Morgan fingerprint density at radius 3 is 0.712 bits per heavy atom. The molecule has 0 aromatic carbocycles. The fourth-order valence-corrected chi connectivity index (χ4v) is 7.28. The molecule has 0 rings (SSSR count). The van der Waals surface area contributed by atoms with Gasteiger partial charge in [0.25, 0.3) is 0 Å². The van der Waals surface area contributed by atoms with Gasteiger partial charge in [-0.25, -0.2) is 0 Å². The number of carbonyl (C=O) groups is 6. The maximum atomic E-state index is 12.8. The zero-order chi connectivity index (χ0) is 48.6. The predicted molar refractivity (Wildman–Crippen MR) is 259 cm³/mol. The summed E-state index contributed by atoms with van der Waals surface area (Å²) in [6, 6.07) is 0. The van der Waals surface area contributed by atoms with E-state index in [1.54, 1.807) is 0 Å². The minimum atomic E-state index is -1.34. The molecule has 0 saturated carbocycles. The number of unbranched alkanes of at least 4 members (excludes halogenated alkanes) is 24. The van der Waals surface area contributed by atoms with Crippen molar-refractivity contribution in [2.24, 2.45) is 5.41 Å². The molecule has 0 heterocycles. The molecule has 0 fully saturated rings. The van der Waals surface area contributed by atoms with Crippen LogP contribution in [0, 0.1) is 5.41 Å². The molecule has 0 unspecified atom stereocenters. The number of aliphatic hydroxyl groups excluding tert-OH is 1. The van der Waals surface area contributed by atoms with Crippen LogP contribution in [0.1, 0.15) is 252 Å². The highest BCUT2D eigenvalue weighted by Crippen LogP contribution is 2.22. The van der Waals surface area contributed by atoms with E-state index in [1.165, 1.54) is 77.0 Å². The van der Waals surface area contributed by atoms with E-state index < -0.39 is 29.9 Å². The van der Waals surface area contributed by atoms with Crippen LogP contribution in [0.4, 0.5) is 0 Å². The third-order valence-electron chi connectivity index (χ3n) is 11.8. The van der Waals surface area contributed by atoms with Gasteiger partial charge in [0, 0.05) is 38.5 Å². The van der Waals surface area contributed by atoms with Gasteiger partial charge in [0.15, 0.2) is 0 Å². The first-order chi connectivity index (χ1) is 32.1. The maximum absolute atomic E-state index is 12.8. The summed E-state index contributed by atoms with van der Waals surface area (Å²) in [4.78, 5) is 74.4. The molecule has 0 radical (unpaired) electrons. The average molecular weight is 941 g/mol. The van der Waals surface area contributed by atoms with Gasteiger partial charge in [0.2, 0.25) is 0 Å². The summed E-state index contributed by atoms with van der Waals surface area (Å²) in [5, 5.41) is 10.5. The van der Waals surface area contributed by atoms with Gasteiger partial charge < -0.3 is 33.5 Å². The Morgan fingerprint density at radius 2 is 0.485 bits per heavy atom. The van der Waals surface area contributed by atoms with Crippen molar-refractivity contribution >= 4 is 35.8 Å². The molecule has 0 aromatic rings. The largest absolute Gasteiger partial charge is 0.466 e. The van der Waals surface area contributed by atoms with Crippen LogP contribution in [0.15, 0.2) is 0 Å². The molecule has 0 spiro atoms. The van der Waals surface area contributed by atoms with Gasteiger partial charge in [-0.05, 0) is 57.8 Å². The first kappa shape index (κ1) is 62.8. The van der Waals surface area contributed by atoms with Crippen LogP contribution < -0.4 is 0 Å². The number of hydrogen-bond donors (Lipinski definition) is 1. The third-order valence-corrected chi connectivity index (χ3v) is 11.8. The van der Waals surface area contributed by atoms with Crippen molar-refractivity contribution in [3.05, 3.63) is 0 Å². The quantitative estimate of drug-likeness (QED) is 0.0346. The number of esters is 6. The number of hydrogen-bond acceptors (Lipinski definition) is 13. The van der Waals surface area contributed by atoms with Gasteiger partial charge in [-0.2, -0.15) is 0 Å². The molecule has 0 aromatic heterocycles. The minimum absolute atomic E-state index is 0.136. The van der Waals surface area contributed by atoms with E-state index in [0.717, 1.165) is 77.0 Å². The Kier molecular flexibility index (Phi) is 44.6. The highest BCUT2D eigenvalue weighted by Gasteiger charge is 2.35. The number of rotatable bonds is 49. The highest BCUT2D eigenvalue weighted by molar-refractivity contribution is 5.71. The molecule has 13 heteroatoms. The molecular formula is C53H96O13. The molecule has 13 nitrogen and oxygen atoms in total. The molecule has 0 aliphatic carbocycles. The maximum Gasteiger partial charge on any atom is 0.305 e. The van der Waals surface area contributed by atoms with E-state index in [9.17, 15) is 33.9 Å². The standard InChI is InChI=1S/C53H96O13/c1-4-7-10-13-22-31-40-61-47(55)34-25-16-19-28-37-50(58)64-44-53(43-54,45-65-51(59)38-29-20-17-26-35-48(56)62-41-32-23-14-11-8-5-2)46-66-52(60)39-30-21-18-27-36-49(57)63-42-33-24-15-12-9-6-3/h54H,4-46H2,1-3H3. The number of ether oxygens (including phenoxy) is 6. The summed E-state index contributed by atoms with van der Waals surface area (Å²) in [5.41, 5.74) is -1.34. The zero-order valence-electron chi connectivity index (χ0n) is 42.3. The Balaban J connectivity index is 4.74. The summed E-state index contributed by atoms with van der Waals surface area (Å²) in [6.45, 7) is 6.46. The van der Waals surface area contributed by atoms with Crippen LogP contribution in [-0.4, -0.2) is 87.2 Å². The fraction of sp³-hybridized carbons (Fsp3) is 0.887. The third kappa shape index (κ3) is 42.2. The smallest absolute Gasteiger partial charge is 0.305 e. The first-order valence-electron chi connectivity index (χ1n) is 26.7. The van der Waals surface area contributed by atoms with Gasteiger partial charge >= 0.3 is 35.8 Å². The van der Waals surface area contributed by atoms with Crippen molar-refractivity contribution < 1.29 is 62.3 Å². The van der Waals surface area contributed by atoms with Crippen LogP contribution in [0.3, 0.4) is 0 Å². The molecule has 0 bridgehead atoms. The zero-order valence-corrected chi connectivity index (χ0v) is 42.3. The number of aliphatic hydroxyl groups is 1. The van der Waals surface area contributed by atoms with Crippen LogP contribution in [0.2, 0.25) is 0 Å². The van der Waals surface area contributed by atoms with Crippen molar-refractivity contribution in [2.45, 2.75) is 252 Å². The van der Waals surface area contributed by atoms with Gasteiger partial charge in [-0.15, -0.1) is 0 Å². The lowest BCUT2D eigenvalue weighted by Gasteiger charge is -2.30. The van der Waals surface area contributed by atoms with Gasteiger partial charge in [-0.3, -0.25) is 28.8 Å². The molecule has 0 amide bonds. The number of carbonyl (C=O) groups excluding carboxylic acids is 6. The molecule has 0 aliphatic heterocycles. The van der Waals surface area contributed by atoms with E-state index in [0.29, 0.717) is 77.6 Å². The lowest BCUT2D eigenvalue weighted by atomic mass is 9.92. The summed E-state index contributed by atoms with van der Waals surface area (Å²) in [6.07, 6.45) is 30.0. The Bertz CT molecular complexity index is 1070. The second-order valence-corrected chi connectivity index (χ2v) is 18.3. The molecule has 0 saturated heterocycles. The monoisotopic (exact) mass is 941 g/mol. The summed E-state index contributed by atoms with van der Waals surface area (Å²) < 4.78 is 32.7. The van der Waals surface area contributed by atoms with Crippen LogP contribution in [-0.2, 0) is 57.2 Å². The van der Waals surface area contributed by atoms with Crippen molar-refractivity contribution in [3.63, 3.8) is 0 Å². The van der Waals surface area contributed by atoms with Crippen molar-refractivity contribution in [1.82, 2.24) is 0 Å². The second kappa shape index (κ2) is 46.9. The van der Waals surface area contributed by atoms with Gasteiger partial charge in [0.05, 0.1) is 31.8 Å². The molecule has 0 atom stereocenters. The normalized spacial score (nSPS) is 11.3. The van der Waals surface area contributed by atoms with Crippen molar-refractivity contribution in [1.29, 1.82) is 0 Å². The highest BCUT2D eigenvalue weighted by atomic mass is 16.6. The Labute approximate surface area is 400 Å². The van der Waals surface area contributed by atoms with Gasteiger partial charge in [-0.1, -0.05) is 156 Å². The topological polar surface area (TPSA) is 178 Å². The lowest BCUT2D eigenvalue weighted by molar-refractivity contribution is -0.165. The first-order valence-corrected chi connectivity index (χ1v) is 26.7. The van der Waals surface area contributed by atoms with E-state index in [1.807, 2.05) is 0 Å². The van der Waals surface area contributed by atoms with Gasteiger partial charge in [0.1, 0.15) is 19.8 Å². The van der Waals surface area contributed by atoms with E-state index in [2.05, 4.69) is 20.8 Å². The summed E-state index contributed by atoms with van der Waals surface area (Å²) in [5.74, 6) is -2.02. The SMILES string of the molecule is CCCCCCCCOC(=O)CCCCCCC(=O)OCC(CO)(COC(=O)CCCCCCC(=O)OCCCCCCCC)COC(=O)CCCCCCC(=O)OCCCCCCCC. The van der Waals surface area contributed by atoms with E-state index in [4.69, 9.17) is 28.4 Å². The van der Waals surface area contributed by atoms with Crippen LogP contribution in [0.5, 0.6) is 0 Å². The minimum Gasteiger partial charge on any atom is -0.466 e. The Hall–Kier alpha value is -3.22. The van der Waals surface area contributed by atoms with Crippen LogP contribution >= 0.6 is 0 Å². The molecule has 1 N–H and O–H groups in total. The second-order valence-electron chi connectivity index (χ2n) is 18.3. The van der Waals surface area contributed by atoms with E-state index in [-0.39, 0.29) is 57.0 Å². The molecule has 386 valence electrons. The molecule has 0 aliphatic rings. The van der Waals surface area contributed by atoms with E-state index >= 15 is 0 Å². The van der Waals surface area contributed by atoms with Crippen molar-refractivity contribution in [2.75, 3.05) is 46.2 Å². The summed E-state index contributed by atoms with van der Waals surface area (Å²) >= 11 is 0. The Morgan fingerprint density at radius 1 is 0.288 bits per heavy atom. The predicted octanol–water partition coefficient (Wildman–Crippen LogP) is 12.3. The average Bonchev–Trinajstić information content (AvgIpc) is 3.31. The summed E-state index contributed by atoms with van der Waals surface area (Å²) in [7, 11) is 0. The molecule has 66 heavy (non-hydrogen) atoms. The molecular weight excluding hydrogens is 845 g/mol. The fourth-order valence-electron chi connectivity index (χ4n) is 7.28. The van der Waals surface area contributed by atoms with Crippen LogP contribution in [0.25, 0.3) is 0 Å². The lowest BCUT2D eigenvalue weighted by Crippen LogP contribution is -2.42.